The molecule has 0 saturated heterocycles. The summed E-state index contributed by atoms with van der Waals surface area (Å²) in [6, 6.07) is 3.56. The summed E-state index contributed by atoms with van der Waals surface area (Å²) in [4.78, 5) is 12.6. The summed E-state index contributed by atoms with van der Waals surface area (Å²) in [6.07, 6.45) is 17.7. The molecule has 0 fully saturated rings. The number of halogens is 1. The second kappa shape index (κ2) is 19.3. The number of alkyl halides is 1. The Balaban J connectivity index is 4.88. The molecule has 0 unspecified atom stereocenters. The van der Waals surface area contributed by atoms with Crippen molar-refractivity contribution in [1.82, 2.24) is 0 Å². The van der Waals surface area contributed by atoms with Crippen molar-refractivity contribution in [3.63, 3.8) is 0 Å². The molecule has 27 heavy (non-hydrogen) atoms. The molecule has 0 N–H and O–H groups in total. The fraction of sp³-hybridized carbons (Fsp3) is 0.957. The third-order valence-electron chi connectivity index (χ3n) is 5.55. The molecule has 0 aromatic carbocycles. The van der Waals surface area contributed by atoms with Crippen LogP contribution in [0.1, 0.15) is 117 Å². The van der Waals surface area contributed by atoms with Crippen LogP contribution in [0.4, 0.5) is 0 Å². The monoisotopic (exact) mass is 418 g/mol. The highest BCUT2D eigenvalue weighted by Gasteiger charge is 2.36. The number of hydrogen-bond donors (Lipinski definition) is 0. The summed E-state index contributed by atoms with van der Waals surface area (Å²) in [5.74, 6) is 0.703. The molecule has 0 amide bonds. The summed E-state index contributed by atoms with van der Waals surface area (Å²) >= 11 is 5.77. The highest BCUT2D eigenvalue weighted by Crippen LogP contribution is 2.31. The van der Waals surface area contributed by atoms with Gasteiger partial charge in [0.1, 0.15) is 0 Å². The van der Waals surface area contributed by atoms with Crippen molar-refractivity contribution in [2.24, 2.45) is 0 Å². The molecule has 0 heterocycles. The first-order valence-corrected chi connectivity index (χ1v) is 15.0. The third-order valence-corrected chi connectivity index (χ3v) is 10.3. The van der Waals surface area contributed by atoms with E-state index >= 15 is 0 Å². The van der Waals surface area contributed by atoms with E-state index in [1.54, 1.807) is 0 Å². The van der Waals surface area contributed by atoms with E-state index < -0.39 is 8.32 Å². The summed E-state index contributed by atoms with van der Waals surface area (Å²) in [5.41, 5.74) is 0. The molecule has 0 saturated carbocycles. The highest BCUT2D eigenvalue weighted by atomic mass is 35.5. The molecule has 0 rings (SSSR count). The van der Waals surface area contributed by atoms with Crippen LogP contribution < -0.4 is 0 Å². The van der Waals surface area contributed by atoms with Gasteiger partial charge in [0, 0.05) is 12.3 Å². The average molecular weight is 419 g/mol. The van der Waals surface area contributed by atoms with Crippen LogP contribution in [0.5, 0.6) is 0 Å². The molecule has 0 aliphatic carbocycles. The smallest absolute Gasteiger partial charge is 0.292 e. The number of rotatable bonds is 20. The largest absolute Gasteiger partial charge is 0.519 e. The number of carbonyl (C=O) groups is 1. The normalized spacial score (nSPS) is 11.7. The van der Waals surface area contributed by atoms with Crippen LogP contribution in [0.2, 0.25) is 18.1 Å². The topological polar surface area (TPSA) is 26.3 Å². The van der Waals surface area contributed by atoms with Gasteiger partial charge in [-0.3, -0.25) is 4.79 Å². The average Bonchev–Trinajstić information content (AvgIpc) is 2.66. The number of hydrogen-bond acceptors (Lipinski definition) is 2. The van der Waals surface area contributed by atoms with E-state index in [0.29, 0.717) is 12.3 Å². The van der Waals surface area contributed by atoms with Crippen molar-refractivity contribution >= 4 is 25.9 Å². The van der Waals surface area contributed by atoms with Crippen molar-refractivity contribution in [3.8, 4) is 0 Å². The van der Waals surface area contributed by atoms with Gasteiger partial charge in [-0.25, -0.2) is 0 Å². The number of carbonyl (C=O) groups excluding carboxylic acids is 1. The van der Waals surface area contributed by atoms with E-state index in [0.717, 1.165) is 12.8 Å². The van der Waals surface area contributed by atoms with Crippen LogP contribution in [0.15, 0.2) is 0 Å². The fourth-order valence-electron chi connectivity index (χ4n) is 3.81. The van der Waals surface area contributed by atoms with Crippen LogP contribution in [0, 0.1) is 0 Å². The quantitative estimate of drug-likeness (QED) is 0.112. The Bertz CT molecular complexity index is 305. The first-order valence-electron chi connectivity index (χ1n) is 11.9. The first kappa shape index (κ1) is 27.0. The standard InChI is InChI=1S/C23H47ClO2Si/c1-4-7-10-15-20-27(21-16-11-8-5-2,22-17-12-9-6-3)26-23(25)18-13-14-19-24/h4-22H2,1-3H3. The minimum absolute atomic E-state index is 0.0632. The molecule has 0 radical (unpaired) electrons. The lowest BCUT2D eigenvalue weighted by Gasteiger charge is -2.32. The van der Waals surface area contributed by atoms with Crippen LogP contribution in [0.25, 0.3) is 0 Å². The van der Waals surface area contributed by atoms with Gasteiger partial charge in [0.05, 0.1) is 0 Å². The van der Waals surface area contributed by atoms with Crippen molar-refractivity contribution in [1.29, 1.82) is 0 Å². The van der Waals surface area contributed by atoms with Crippen molar-refractivity contribution in [2.45, 2.75) is 135 Å². The SMILES string of the molecule is CCCCCC[Si](CCCCCC)(CCCCCC)OC(=O)CCCCCl. The van der Waals surface area contributed by atoms with Crippen molar-refractivity contribution < 1.29 is 9.22 Å². The highest BCUT2D eigenvalue weighted by molar-refractivity contribution is 6.75. The first-order chi connectivity index (χ1) is 13.1. The molecule has 0 bridgehead atoms. The van der Waals surface area contributed by atoms with Gasteiger partial charge in [0.2, 0.25) is 0 Å². The van der Waals surface area contributed by atoms with Gasteiger partial charge >= 0.3 is 0 Å². The molecule has 0 aliphatic heterocycles. The molecule has 162 valence electrons. The van der Waals surface area contributed by atoms with Gasteiger partial charge in [-0.15, -0.1) is 11.6 Å². The van der Waals surface area contributed by atoms with E-state index in [2.05, 4.69) is 20.8 Å². The molecule has 0 aromatic rings. The third kappa shape index (κ3) is 15.6. The second-order valence-corrected chi connectivity index (χ2v) is 12.7. The maximum absolute atomic E-state index is 12.6. The zero-order valence-corrected chi connectivity index (χ0v) is 20.4. The van der Waals surface area contributed by atoms with Crippen molar-refractivity contribution in [3.05, 3.63) is 0 Å². The summed E-state index contributed by atoms with van der Waals surface area (Å²) < 4.78 is 6.38. The van der Waals surface area contributed by atoms with E-state index in [1.165, 1.54) is 95.2 Å². The predicted octanol–water partition coefficient (Wildman–Crippen LogP) is 8.63. The van der Waals surface area contributed by atoms with E-state index in [-0.39, 0.29) is 5.97 Å². The lowest BCUT2D eigenvalue weighted by Crippen LogP contribution is -2.40. The zero-order valence-electron chi connectivity index (χ0n) is 18.6. The van der Waals surface area contributed by atoms with Crippen LogP contribution in [0.3, 0.4) is 0 Å². The molecule has 4 heteroatoms. The predicted molar refractivity (Wildman–Crippen MR) is 123 cm³/mol. The van der Waals surface area contributed by atoms with Crippen LogP contribution in [-0.4, -0.2) is 20.2 Å². The van der Waals surface area contributed by atoms with Crippen LogP contribution >= 0.6 is 11.6 Å². The Morgan fingerprint density at radius 2 is 1.11 bits per heavy atom. The Morgan fingerprint density at radius 3 is 1.48 bits per heavy atom. The molecule has 0 aliphatic rings. The maximum Gasteiger partial charge on any atom is 0.292 e. The van der Waals surface area contributed by atoms with Gasteiger partial charge in [0.25, 0.3) is 14.3 Å². The summed E-state index contributed by atoms with van der Waals surface area (Å²) in [7, 11) is -1.95. The maximum atomic E-state index is 12.6. The fourth-order valence-corrected chi connectivity index (χ4v) is 8.32. The summed E-state index contributed by atoms with van der Waals surface area (Å²) in [5, 5.41) is 0. The number of unbranched alkanes of at least 4 members (excludes halogenated alkanes) is 10. The van der Waals surface area contributed by atoms with E-state index in [4.69, 9.17) is 16.0 Å². The lowest BCUT2D eigenvalue weighted by molar-refractivity contribution is -0.135. The molecular weight excluding hydrogens is 372 g/mol. The molecular formula is C23H47ClO2Si. The van der Waals surface area contributed by atoms with E-state index in [1.807, 2.05) is 0 Å². The Morgan fingerprint density at radius 1 is 0.667 bits per heavy atom. The zero-order chi connectivity index (χ0) is 20.2. The lowest BCUT2D eigenvalue weighted by atomic mass is 10.2. The Kier molecular flexibility index (Phi) is 19.3. The van der Waals surface area contributed by atoms with Crippen LogP contribution in [-0.2, 0) is 9.22 Å². The Labute approximate surface area is 176 Å². The van der Waals surface area contributed by atoms with Gasteiger partial charge in [-0.2, -0.15) is 0 Å². The van der Waals surface area contributed by atoms with Gasteiger partial charge in [0.15, 0.2) is 0 Å². The van der Waals surface area contributed by atoms with Gasteiger partial charge in [-0.05, 0) is 31.0 Å². The molecule has 0 aromatic heterocycles. The van der Waals surface area contributed by atoms with Crippen molar-refractivity contribution in [2.75, 3.05) is 5.88 Å². The minimum atomic E-state index is -1.95. The minimum Gasteiger partial charge on any atom is -0.519 e. The Hall–Kier alpha value is -0.0231. The summed E-state index contributed by atoms with van der Waals surface area (Å²) in [6.45, 7) is 6.78. The van der Waals surface area contributed by atoms with Gasteiger partial charge in [-0.1, -0.05) is 97.8 Å². The second-order valence-electron chi connectivity index (χ2n) is 8.24. The molecule has 0 atom stereocenters. The molecule has 0 spiro atoms. The molecule has 2 nitrogen and oxygen atoms in total. The van der Waals surface area contributed by atoms with Gasteiger partial charge < -0.3 is 4.43 Å². The van der Waals surface area contributed by atoms with E-state index in [9.17, 15) is 4.79 Å².